The molecule has 1 aromatic rings. The molecule has 0 aliphatic carbocycles. The van der Waals surface area contributed by atoms with Gasteiger partial charge in [-0.2, -0.15) is 5.10 Å². The monoisotopic (exact) mass is 272 g/mol. The van der Waals surface area contributed by atoms with E-state index in [-0.39, 0.29) is 17.7 Å². The van der Waals surface area contributed by atoms with Crippen molar-refractivity contribution in [3.8, 4) is 0 Å². The molecule has 0 aromatic carbocycles. The van der Waals surface area contributed by atoms with E-state index in [1.54, 1.807) is 0 Å². The molecule has 1 rings (SSSR count). The van der Waals surface area contributed by atoms with Gasteiger partial charge in [-0.05, 0) is 11.8 Å². The van der Waals surface area contributed by atoms with E-state index in [0.717, 1.165) is 11.4 Å². The molecule has 0 saturated carbocycles. The molecule has 0 atom stereocenters. The van der Waals surface area contributed by atoms with Crippen LogP contribution >= 0.6 is 0 Å². The standard InChI is InChI=1S/C13H22F2N4/c1-7(2)11-12(17-9(5)16)13(8(3)4)19(18-11)6-10(14)15/h7-8,10,17H,5-6,16H2,1-4H3. The number of rotatable bonds is 6. The molecule has 19 heavy (non-hydrogen) atoms. The molecule has 0 bridgehead atoms. The molecule has 108 valence electrons. The van der Waals surface area contributed by atoms with E-state index in [4.69, 9.17) is 5.73 Å². The Labute approximate surface area is 112 Å². The number of aromatic nitrogens is 2. The Bertz CT molecular complexity index is 450. The summed E-state index contributed by atoms with van der Waals surface area (Å²) in [7, 11) is 0. The summed E-state index contributed by atoms with van der Waals surface area (Å²) in [5, 5.41) is 7.26. The maximum atomic E-state index is 12.6. The number of nitrogens with one attached hydrogen (secondary N) is 1. The highest BCUT2D eigenvalue weighted by atomic mass is 19.3. The van der Waals surface area contributed by atoms with E-state index in [2.05, 4.69) is 17.0 Å². The van der Waals surface area contributed by atoms with E-state index in [0.29, 0.717) is 5.69 Å². The Kier molecular flexibility index (Phi) is 4.91. The molecule has 0 saturated heterocycles. The van der Waals surface area contributed by atoms with Gasteiger partial charge in [0.05, 0.1) is 22.9 Å². The Morgan fingerprint density at radius 2 is 1.89 bits per heavy atom. The van der Waals surface area contributed by atoms with Crippen LogP contribution in [-0.2, 0) is 6.54 Å². The third kappa shape index (κ3) is 3.68. The fraction of sp³-hybridized carbons (Fsp3) is 0.615. The van der Waals surface area contributed by atoms with Crippen molar-refractivity contribution in [2.45, 2.75) is 52.5 Å². The highest BCUT2D eigenvalue weighted by Crippen LogP contribution is 2.33. The van der Waals surface area contributed by atoms with Crippen LogP contribution in [0.2, 0.25) is 0 Å². The van der Waals surface area contributed by atoms with Gasteiger partial charge in [0.25, 0.3) is 6.43 Å². The van der Waals surface area contributed by atoms with Crippen LogP contribution in [0, 0.1) is 0 Å². The van der Waals surface area contributed by atoms with Gasteiger partial charge in [0.1, 0.15) is 6.54 Å². The van der Waals surface area contributed by atoms with Gasteiger partial charge in [-0.15, -0.1) is 0 Å². The zero-order valence-electron chi connectivity index (χ0n) is 11.9. The average molecular weight is 272 g/mol. The van der Waals surface area contributed by atoms with E-state index in [9.17, 15) is 8.78 Å². The molecule has 0 unspecified atom stereocenters. The molecule has 0 spiro atoms. The van der Waals surface area contributed by atoms with Gasteiger partial charge in [0, 0.05) is 0 Å². The quantitative estimate of drug-likeness (QED) is 0.836. The van der Waals surface area contributed by atoms with Gasteiger partial charge in [0.15, 0.2) is 0 Å². The Hall–Kier alpha value is -1.59. The summed E-state index contributed by atoms with van der Waals surface area (Å²) in [6, 6.07) is 0. The van der Waals surface area contributed by atoms with E-state index < -0.39 is 13.0 Å². The molecule has 0 fully saturated rings. The zero-order valence-corrected chi connectivity index (χ0v) is 11.9. The second-order valence-electron chi connectivity index (χ2n) is 5.18. The second-order valence-corrected chi connectivity index (χ2v) is 5.18. The largest absolute Gasteiger partial charge is 0.386 e. The van der Waals surface area contributed by atoms with Gasteiger partial charge in [-0.3, -0.25) is 4.68 Å². The molecule has 3 N–H and O–H groups in total. The predicted octanol–water partition coefficient (Wildman–Crippen LogP) is 3.24. The summed E-state index contributed by atoms with van der Waals surface area (Å²) >= 11 is 0. The molecule has 6 heteroatoms. The molecule has 0 amide bonds. The fourth-order valence-corrected chi connectivity index (χ4v) is 2.04. The van der Waals surface area contributed by atoms with E-state index >= 15 is 0 Å². The Morgan fingerprint density at radius 1 is 1.32 bits per heavy atom. The summed E-state index contributed by atoms with van der Waals surface area (Å²) in [5.74, 6) is 0.444. The molecular formula is C13H22F2N4. The molecule has 0 radical (unpaired) electrons. The first kappa shape index (κ1) is 15.5. The minimum absolute atomic E-state index is 0.0561. The SMILES string of the molecule is C=C(N)Nc1c(C(C)C)nn(CC(F)F)c1C(C)C. The van der Waals surface area contributed by atoms with Gasteiger partial charge >= 0.3 is 0 Å². The van der Waals surface area contributed by atoms with Crippen LogP contribution < -0.4 is 11.1 Å². The number of nitrogens with two attached hydrogens (primary N) is 1. The van der Waals surface area contributed by atoms with Crippen molar-refractivity contribution in [1.29, 1.82) is 0 Å². The average Bonchev–Trinajstić information content (AvgIpc) is 2.54. The van der Waals surface area contributed by atoms with Gasteiger partial charge in [-0.25, -0.2) is 8.78 Å². The van der Waals surface area contributed by atoms with Crippen LogP contribution in [0.15, 0.2) is 12.4 Å². The normalized spacial score (nSPS) is 11.6. The van der Waals surface area contributed by atoms with Gasteiger partial charge < -0.3 is 11.1 Å². The maximum absolute atomic E-state index is 12.6. The number of nitrogens with zero attached hydrogens (tertiary/aromatic N) is 2. The summed E-state index contributed by atoms with van der Waals surface area (Å²) in [6.45, 7) is 11.0. The van der Waals surface area contributed by atoms with Crippen molar-refractivity contribution in [3.05, 3.63) is 23.8 Å². The number of halogens is 2. The molecular weight excluding hydrogens is 250 g/mol. The summed E-state index contributed by atoms with van der Waals surface area (Å²) in [4.78, 5) is 0. The molecule has 1 aromatic heterocycles. The maximum Gasteiger partial charge on any atom is 0.257 e. The summed E-state index contributed by atoms with van der Waals surface area (Å²) < 4.78 is 26.7. The first-order valence-corrected chi connectivity index (χ1v) is 6.34. The van der Waals surface area contributed by atoms with E-state index in [1.165, 1.54) is 4.68 Å². The first-order chi connectivity index (χ1) is 8.73. The molecule has 1 heterocycles. The fourth-order valence-electron chi connectivity index (χ4n) is 2.04. The van der Waals surface area contributed by atoms with Gasteiger partial charge in [0.2, 0.25) is 0 Å². The van der Waals surface area contributed by atoms with Crippen molar-refractivity contribution in [2.75, 3.05) is 5.32 Å². The van der Waals surface area contributed by atoms with Crippen LogP contribution in [-0.4, -0.2) is 16.2 Å². The lowest BCUT2D eigenvalue weighted by Gasteiger charge is -2.14. The lowest BCUT2D eigenvalue weighted by Crippen LogP contribution is -2.14. The first-order valence-electron chi connectivity index (χ1n) is 6.34. The molecule has 0 aliphatic rings. The van der Waals surface area contributed by atoms with E-state index in [1.807, 2.05) is 27.7 Å². The Morgan fingerprint density at radius 3 is 2.26 bits per heavy atom. The van der Waals surface area contributed by atoms with Crippen molar-refractivity contribution in [3.63, 3.8) is 0 Å². The summed E-state index contributed by atoms with van der Waals surface area (Å²) in [6.07, 6.45) is -2.44. The van der Waals surface area contributed by atoms with Crippen molar-refractivity contribution < 1.29 is 8.78 Å². The minimum atomic E-state index is -2.44. The highest BCUT2D eigenvalue weighted by Gasteiger charge is 2.23. The predicted molar refractivity (Wildman–Crippen MR) is 73.4 cm³/mol. The number of alkyl halides is 2. The van der Waals surface area contributed by atoms with Crippen LogP contribution in [0.25, 0.3) is 0 Å². The van der Waals surface area contributed by atoms with Crippen molar-refractivity contribution in [2.24, 2.45) is 5.73 Å². The van der Waals surface area contributed by atoms with Crippen LogP contribution in [0.3, 0.4) is 0 Å². The summed E-state index contributed by atoms with van der Waals surface area (Å²) in [5.41, 5.74) is 7.75. The number of hydrogen-bond acceptors (Lipinski definition) is 3. The third-order valence-electron chi connectivity index (χ3n) is 2.71. The zero-order chi connectivity index (χ0) is 14.7. The van der Waals surface area contributed by atoms with Crippen LogP contribution in [0.4, 0.5) is 14.5 Å². The van der Waals surface area contributed by atoms with Crippen LogP contribution in [0.1, 0.15) is 50.9 Å². The third-order valence-corrected chi connectivity index (χ3v) is 2.71. The number of anilines is 1. The molecule has 4 nitrogen and oxygen atoms in total. The lowest BCUT2D eigenvalue weighted by atomic mass is 10.0. The Balaban J connectivity index is 3.36. The highest BCUT2D eigenvalue weighted by molar-refractivity contribution is 5.58. The lowest BCUT2D eigenvalue weighted by molar-refractivity contribution is 0.120. The topological polar surface area (TPSA) is 55.9 Å². The number of hydrogen-bond donors (Lipinski definition) is 2. The van der Waals surface area contributed by atoms with Gasteiger partial charge in [-0.1, -0.05) is 34.3 Å². The van der Waals surface area contributed by atoms with Crippen molar-refractivity contribution >= 4 is 5.69 Å². The second kappa shape index (κ2) is 6.04. The molecule has 0 aliphatic heterocycles. The van der Waals surface area contributed by atoms with Crippen LogP contribution in [0.5, 0.6) is 0 Å². The minimum Gasteiger partial charge on any atom is -0.386 e. The van der Waals surface area contributed by atoms with Crippen molar-refractivity contribution in [1.82, 2.24) is 9.78 Å². The smallest absolute Gasteiger partial charge is 0.257 e.